The van der Waals surface area contributed by atoms with Crippen molar-refractivity contribution in [3.05, 3.63) is 88.2 Å². The maximum atomic E-state index is 13.0. The number of carbonyl (C=O) groups excluding carboxylic acids is 1. The highest BCUT2D eigenvalue weighted by Gasteiger charge is 2.15. The highest BCUT2D eigenvalue weighted by Crippen LogP contribution is 2.23. The fourth-order valence-electron chi connectivity index (χ4n) is 2.93. The number of hydrogen-bond donors (Lipinski definition) is 1. The van der Waals surface area contributed by atoms with E-state index in [1.54, 1.807) is 47.3 Å². The molecule has 1 amide bonds. The number of halogens is 1. The summed E-state index contributed by atoms with van der Waals surface area (Å²) in [5, 5.41) is 7.45. The molecule has 7 nitrogen and oxygen atoms in total. The summed E-state index contributed by atoms with van der Waals surface area (Å²) in [7, 11) is 1.50. The number of benzene rings is 2. The molecule has 4 rings (SSSR count). The summed E-state index contributed by atoms with van der Waals surface area (Å²) in [4.78, 5) is 24.6. The van der Waals surface area contributed by atoms with E-state index in [-0.39, 0.29) is 17.0 Å². The first-order chi connectivity index (χ1) is 14.0. The van der Waals surface area contributed by atoms with Gasteiger partial charge in [0.1, 0.15) is 17.1 Å². The molecule has 146 valence electrons. The van der Waals surface area contributed by atoms with Gasteiger partial charge in [-0.1, -0.05) is 12.1 Å². The van der Waals surface area contributed by atoms with E-state index in [0.29, 0.717) is 23.5 Å². The maximum absolute atomic E-state index is 13.0. The van der Waals surface area contributed by atoms with Gasteiger partial charge in [0.2, 0.25) is 0 Å². The average molecular weight is 393 g/mol. The highest BCUT2D eigenvalue weighted by atomic mass is 19.1. The number of hydrogen-bond acceptors (Lipinski definition) is 5. The fraction of sp³-hybridized carbons (Fsp3) is 0.0952. The van der Waals surface area contributed by atoms with Crippen LogP contribution in [0.2, 0.25) is 0 Å². The Bertz CT molecular complexity index is 1250. The quantitative estimate of drug-likeness (QED) is 0.525. The van der Waals surface area contributed by atoms with Crippen LogP contribution in [0.4, 0.5) is 10.2 Å². The summed E-state index contributed by atoms with van der Waals surface area (Å²) in [5.74, 6) is 0.0456. The van der Waals surface area contributed by atoms with Crippen LogP contribution >= 0.6 is 0 Å². The lowest BCUT2D eigenvalue weighted by molar-refractivity contribution is 0.102. The minimum absolute atomic E-state index is 0.173. The summed E-state index contributed by atoms with van der Waals surface area (Å²) in [5.41, 5.74) is 0.654. The molecular formula is C21H16FN3O4. The topological polar surface area (TPSA) is 86.4 Å². The molecule has 29 heavy (non-hydrogen) atoms. The van der Waals surface area contributed by atoms with E-state index in [0.717, 1.165) is 11.6 Å². The lowest BCUT2D eigenvalue weighted by atomic mass is 10.1. The van der Waals surface area contributed by atoms with Crippen LogP contribution in [-0.4, -0.2) is 22.8 Å². The first-order valence-electron chi connectivity index (χ1n) is 8.73. The number of nitrogens with one attached hydrogen (secondary N) is 1. The normalized spacial score (nSPS) is 10.8. The van der Waals surface area contributed by atoms with Crippen LogP contribution in [0.3, 0.4) is 0 Å². The Morgan fingerprint density at radius 2 is 1.97 bits per heavy atom. The van der Waals surface area contributed by atoms with Crippen molar-refractivity contribution < 1.29 is 18.3 Å². The molecule has 0 saturated carbocycles. The number of rotatable bonds is 5. The zero-order chi connectivity index (χ0) is 20.4. The predicted molar refractivity (Wildman–Crippen MR) is 105 cm³/mol. The van der Waals surface area contributed by atoms with Crippen LogP contribution in [0.25, 0.3) is 11.0 Å². The first kappa shape index (κ1) is 18.4. The third-order valence-corrected chi connectivity index (χ3v) is 4.34. The zero-order valence-electron chi connectivity index (χ0n) is 15.4. The molecule has 0 aliphatic rings. The number of methoxy groups -OCH3 is 1. The Labute approximate surface area is 164 Å². The largest absolute Gasteiger partial charge is 0.497 e. The molecule has 0 atom stereocenters. The van der Waals surface area contributed by atoms with E-state index in [1.165, 1.54) is 19.2 Å². The second kappa shape index (κ2) is 7.59. The van der Waals surface area contributed by atoms with Gasteiger partial charge in [-0.05, 0) is 29.8 Å². The molecule has 8 heteroatoms. The van der Waals surface area contributed by atoms with E-state index in [2.05, 4.69) is 10.4 Å². The van der Waals surface area contributed by atoms with Gasteiger partial charge in [0.05, 0.1) is 19.2 Å². The molecular weight excluding hydrogens is 377 g/mol. The molecule has 2 aromatic heterocycles. The van der Waals surface area contributed by atoms with E-state index in [1.807, 2.05) is 0 Å². The molecule has 0 bridgehead atoms. The first-order valence-corrected chi connectivity index (χ1v) is 8.73. The minimum atomic E-state index is -0.641. The monoisotopic (exact) mass is 393 g/mol. The number of aromatic nitrogens is 2. The van der Waals surface area contributed by atoms with Crippen LogP contribution < -0.4 is 15.7 Å². The van der Waals surface area contributed by atoms with E-state index in [4.69, 9.17) is 9.15 Å². The SMILES string of the molecule is COc1ccc2c(C(=O)Nc3ccn(Cc4ccc(F)cc4)n3)cc(=O)oc2c1. The van der Waals surface area contributed by atoms with Crippen LogP contribution in [0.15, 0.2) is 70.0 Å². The predicted octanol–water partition coefficient (Wildman–Crippen LogP) is 3.44. The number of ether oxygens (including phenoxy) is 1. The van der Waals surface area contributed by atoms with Crippen molar-refractivity contribution in [1.29, 1.82) is 0 Å². The molecule has 4 aromatic rings. The molecule has 0 fully saturated rings. The number of carbonyl (C=O) groups is 1. The Morgan fingerprint density at radius 1 is 1.17 bits per heavy atom. The standard InChI is InChI=1S/C21H16FN3O4/c1-28-15-6-7-16-17(11-20(26)29-18(16)10-15)21(27)23-19-8-9-25(24-19)12-13-2-4-14(22)5-3-13/h2-11H,12H2,1H3,(H,23,24,27). The molecule has 2 aromatic carbocycles. The van der Waals surface area contributed by atoms with Crippen molar-refractivity contribution in [1.82, 2.24) is 9.78 Å². The molecule has 1 N–H and O–H groups in total. The third kappa shape index (κ3) is 4.01. The molecule has 0 spiro atoms. The van der Waals surface area contributed by atoms with E-state index in [9.17, 15) is 14.0 Å². The highest BCUT2D eigenvalue weighted by molar-refractivity contribution is 6.11. The third-order valence-electron chi connectivity index (χ3n) is 4.34. The molecule has 0 aliphatic carbocycles. The molecule has 0 aliphatic heterocycles. The van der Waals surface area contributed by atoms with Crippen molar-refractivity contribution in [2.24, 2.45) is 0 Å². The smallest absolute Gasteiger partial charge is 0.337 e. The molecule has 2 heterocycles. The van der Waals surface area contributed by atoms with Crippen LogP contribution in [-0.2, 0) is 6.54 Å². The Balaban J connectivity index is 1.56. The van der Waals surface area contributed by atoms with Gasteiger partial charge in [-0.3, -0.25) is 9.48 Å². The van der Waals surface area contributed by atoms with Crippen molar-refractivity contribution in [2.75, 3.05) is 12.4 Å². The lowest BCUT2D eigenvalue weighted by Gasteiger charge is -2.07. The Morgan fingerprint density at radius 3 is 2.72 bits per heavy atom. The van der Waals surface area contributed by atoms with Crippen molar-refractivity contribution in [3.63, 3.8) is 0 Å². The van der Waals surface area contributed by atoms with Crippen LogP contribution in [0, 0.1) is 5.82 Å². The number of fused-ring (bicyclic) bond motifs is 1. The second-order valence-corrected chi connectivity index (χ2v) is 6.32. The Hall–Kier alpha value is -3.94. The molecule has 0 radical (unpaired) electrons. The van der Waals surface area contributed by atoms with Crippen molar-refractivity contribution in [2.45, 2.75) is 6.54 Å². The molecule has 0 unspecified atom stereocenters. The maximum Gasteiger partial charge on any atom is 0.337 e. The second-order valence-electron chi connectivity index (χ2n) is 6.32. The van der Waals surface area contributed by atoms with Gasteiger partial charge in [0, 0.05) is 29.8 Å². The van der Waals surface area contributed by atoms with Crippen LogP contribution in [0.5, 0.6) is 5.75 Å². The van der Waals surface area contributed by atoms with Gasteiger partial charge in [0.15, 0.2) is 5.82 Å². The van der Waals surface area contributed by atoms with Gasteiger partial charge in [-0.15, -0.1) is 0 Å². The van der Waals surface area contributed by atoms with E-state index < -0.39 is 11.5 Å². The summed E-state index contributed by atoms with van der Waals surface area (Å²) in [6.07, 6.45) is 1.70. The molecule has 0 saturated heterocycles. The van der Waals surface area contributed by atoms with Crippen molar-refractivity contribution >= 4 is 22.7 Å². The number of anilines is 1. The lowest BCUT2D eigenvalue weighted by Crippen LogP contribution is -2.16. The van der Waals surface area contributed by atoms with Gasteiger partial charge in [-0.25, -0.2) is 9.18 Å². The summed E-state index contributed by atoms with van der Waals surface area (Å²) >= 11 is 0. The van der Waals surface area contributed by atoms with Crippen LogP contribution in [0.1, 0.15) is 15.9 Å². The van der Waals surface area contributed by atoms with Gasteiger partial charge in [0.25, 0.3) is 5.91 Å². The fourth-order valence-corrected chi connectivity index (χ4v) is 2.93. The number of nitrogens with zero attached hydrogens (tertiary/aromatic N) is 2. The summed E-state index contributed by atoms with van der Waals surface area (Å²) in [6, 6.07) is 13.7. The zero-order valence-corrected chi connectivity index (χ0v) is 15.4. The average Bonchev–Trinajstić information content (AvgIpc) is 3.15. The van der Waals surface area contributed by atoms with Crippen molar-refractivity contribution in [3.8, 4) is 5.75 Å². The summed E-state index contributed by atoms with van der Waals surface area (Å²) < 4.78 is 24.9. The Kier molecular flexibility index (Phi) is 4.82. The van der Waals surface area contributed by atoms with Gasteiger partial charge >= 0.3 is 5.63 Å². The van der Waals surface area contributed by atoms with Gasteiger partial charge in [-0.2, -0.15) is 5.10 Å². The van der Waals surface area contributed by atoms with Gasteiger partial charge < -0.3 is 14.5 Å². The number of amides is 1. The minimum Gasteiger partial charge on any atom is -0.497 e. The van der Waals surface area contributed by atoms with E-state index >= 15 is 0 Å². The summed E-state index contributed by atoms with van der Waals surface area (Å²) in [6.45, 7) is 0.424.